The highest BCUT2D eigenvalue weighted by atomic mass is 16.1. The number of rotatable bonds is 6. The first-order valence-corrected chi connectivity index (χ1v) is 8.37. The standard InChI is InChI=1S/C19H24N4O/c1-13-10-11-20-18(21-13)17(15-8-9-15)22-19(24)16-6-4-14(5-7-16)12-23(2)3/h4-7,10-11,15,17H,8-9,12H2,1-3H3,(H,22,24)/t17-/m1/s1. The second-order valence-corrected chi connectivity index (χ2v) is 6.78. The number of amides is 1. The van der Waals surface area contributed by atoms with Crippen LogP contribution in [0.15, 0.2) is 36.5 Å². The maximum Gasteiger partial charge on any atom is 0.251 e. The first kappa shape index (κ1) is 16.6. The summed E-state index contributed by atoms with van der Waals surface area (Å²) >= 11 is 0. The van der Waals surface area contributed by atoms with Crippen LogP contribution in [0.3, 0.4) is 0 Å². The summed E-state index contributed by atoms with van der Waals surface area (Å²) in [6.07, 6.45) is 3.99. The minimum Gasteiger partial charge on any atom is -0.342 e. The lowest BCUT2D eigenvalue weighted by Crippen LogP contribution is -2.31. The van der Waals surface area contributed by atoms with Gasteiger partial charge in [0.2, 0.25) is 0 Å². The topological polar surface area (TPSA) is 58.1 Å². The summed E-state index contributed by atoms with van der Waals surface area (Å²) < 4.78 is 0. The second kappa shape index (κ2) is 7.09. The summed E-state index contributed by atoms with van der Waals surface area (Å²) in [5.74, 6) is 1.10. The van der Waals surface area contributed by atoms with Crippen molar-refractivity contribution in [3.8, 4) is 0 Å². The summed E-state index contributed by atoms with van der Waals surface area (Å²) in [7, 11) is 4.06. The van der Waals surface area contributed by atoms with Gasteiger partial charge in [0.15, 0.2) is 5.82 Å². The Morgan fingerprint density at radius 1 is 1.25 bits per heavy atom. The molecule has 1 aliphatic rings. The molecule has 1 saturated carbocycles. The summed E-state index contributed by atoms with van der Waals surface area (Å²) in [5, 5.41) is 3.12. The highest BCUT2D eigenvalue weighted by Gasteiger charge is 2.35. The van der Waals surface area contributed by atoms with E-state index >= 15 is 0 Å². The van der Waals surface area contributed by atoms with Crippen molar-refractivity contribution in [1.82, 2.24) is 20.2 Å². The Morgan fingerprint density at radius 3 is 2.54 bits per heavy atom. The molecule has 0 spiro atoms. The van der Waals surface area contributed by atoms with E-state index in [0.717, 1.165) is 30.9 Å². The third-order valence-corrected chi connectivity index (χ3v) is 4.19. The predicted molar refractivity (Wildman–Crippen MR) is 93.5 cm³/mol. The van der Waals surface area contributed by atoms with Gasteiger partial charge in [0, 0.05) is 24.0 Å². The highest BCUT2D eigenvalue weighted by molar-refractivity contribution is 5.94. The molecule has 126 valence electrons. The van der Waals surface area contributed by atoms with E-state index in [0.29, 0.717) is 11.5 Å². The van der Waals surface area contributed by atoms with Gasteiger partial charge in [-0.15, -0.1) is 0 Å². The second-order valence-electron chi connectivity index (χ2n) is 6.78. The summed E-state index contributed by atoms with van der Waals surface area (Å²) in [6, 6.07) is 9.55. The molecule has 1 atom stereocenters. The average molecular weight is 324 g/mol. The zero-order valence-electron chi connectivity index (χ0n) is 14.5. The summed E-state index contributed by atoms with van der Waals surface area (Å²) in [6.45, 7) is 2.81. The van der Waals surface area contributed by atoms with Gasteiger partial charge < -0.3 is 10.2 Å². The number of hydrogen-bond donors (Lipinski definition) is 1. The lowest BCUT2D eigenvalue weighted by atomic mass is 10.1. The van der Waals surface area contributed by atoms with Crippen LogP contribution >= 0.6 is 0 Å². The lowest BCUT2D eigenvalue weighted by molar-refractivity contribution is 0.0929. The molecule has 0 unspecified atom stereocenters. The van der Waals surface area contributed by atoms with Crippen LogP contribution in [0.2, 0.25) is 0 Å². The van der Waals surface area contributed by atoms with Crippen LogP contribution in [0.1, 0.15) is 46.3 Å². The average Bonchev–Trinajstić information content (AvgIpc) is 3.37. The Balaban J connectivity index is 1.72. The van der Waals surface area contributed by atoms with Crippen LogP contribution in [0, 0.1) is 12.8 Å². The first-order chi connectivity index (χ1) is 11.5. The van der Waals surface area contributed by atoms with Crippen molar-refractivity contribution in [2.45, 2.75) is 32.4 Å². The fourth-order valence-corrected chi connectivity index (χ4v) is 2.79. The molecule has 1 fully saturated rings. The number of benzene rings is 1. The Kier molecular flexibility index (Phi) is 4.90. The Hall–Kier alpha value is -2.27. The fraction of sp³-hybridized carbons (Fsp3) is 0.421. The normalized spacial score (nSPS) is 15.3. The Bertz CT molecular complexity index is 708. The number of aromatic nitrogens is 2. The summed E-state index contributed by atoms with van der Waals surface area (Å²) in [4.78, 5) is 23.6. The maximum absolute atomic E-state index is 12.6. The van der Waals surface area contributed by atoms with E-state index in [1.54, 1.807) is 6.20 Å². The zero-order valence-corrected chi connectivity index (χ0v) is 14.5. The largest absolute Gasteiger partial charge is 0.342 e. The zero-order chi connectivity index (χ0) is 17.1. The molecule has 1 amide bonds. The molecule has 1 aromatic carbocycles. The SMILES string of the molecule is Cc1ccnc([C@H](NC(=O)c2ccc(CN(C)C)cc2)C2CC2)n1. The van der Waals surface area contributed by atoms with Gasteiger partial charge in [0.1, 0.15) is 0 Å². The quantitative estimate of drug-likeness (QED) is 0.887. The van der Waals surface area contributed by atoms with Crippen molar-refractivity contribution in [2.24, 2.45) is 5.92 Å². The molecule has 1 N–H and O–H groups in total. The number of aryl methyl sites for hydroxylation is 1. The van der Waals surface area contributed by atoms with Gasteiger partial charge in [-0.05, 0) is 63.5 Å². The molecule has 1 aromatic heterocycles. The molecule has 0 bridgehead atoms. The number of nitrogens with one attached hydrogen (secondary N) is 1. The maximum atomic E-state index is 12.6. The van der Waals surface area contributed by atoms with Crippen LogP contribution in [0.25, 0.3) is 0 Å². The van der Waals surface area contributed by atoms with Gasteiger partial charge >= 0.3 is 0 Å². The molecule has 0 aliphatic heterocycles. The van der Waals surface area contributed by atoms with E-state index in [4.69, 9.17) is 0 Å². The van der Waals surface area contributed by atoms with E-state index in [9.17, 15) is 4.79 Å². The Labute approximate surface area is 143 Å². The molecule has 5 nitrogen and oxygen atoms in total. The van der Waals surface area contributed by atoms with E-state index in [1.165, 1.54) is 5.56 Å². The minimum absolute atomic E-state index is 0.0617. The van der Waals surface area contributed by atoms with Crippen molar-refractivity contribution in [3.63, 3.8) is 0 Å². The van der Waals surface area contributed by atoms with E-state index < -0.39 is 0 Å². The van der Waals surface area contributed by atoms with Crippen molar-refractivity contribution in [1.29, 1.82) is 0 Å². The molecular weight excluding hydrogens is 300 g/mol. The lowest BCUT2D eigenvalue weighted by Gasteiger charge is -2.17. The summed E-state index contributed by atoms with van der Waals surface area (Å²) in [5.41, 5.74) is 2.79. The van der Waals surface area contributed by atoms with E-state index in [-0.39, 0.29) is 11.9 Å². The van der Waals surface area contributed by atoms with Crippen LogP contribution in [0.5, 0.6) is 0 Å². The van der Waals surface area contributed by atoms with Gasteiger partial charge in [-0.2, -0.15) is 0 Å². The van der Waals surface area contributed by atoms with Gasteiger partial charge in [-0.25, -0.2) is 9.97 Å². The van der Waals surface area contributed by atoms with E-state index in [1.807, 2.05) is 51.4 Å². The van der Waals surface area contributed by atoms with Crippen LogP contribution in [0.4, 0.5) is 0 Å². The molecule has 0 saturated heterocycles. The van der Waals surface area contributed by atoms with E-state index in [2.05, 4.69) is 20.2 Å². The molecule has 2 aromatic rings. The molecular formula is C19H24N4O. The highest BCUT2D eigenvalue weighted by Crippen LogP contribution is 2.40. The number of nitrogens with zero attached hydrogens (tertiary/aromatic N) is 3. The first-order valence-electron chi connectivity index (χ1n) is 8.37. The van der Waals surface area contributed by atoms with Crippen molar-refractivity contribution >= 4 is 5.91 Å². The minimum atomic E-state index is -0.0983. The molecule has 1 heterocycles. The smallest absolute Gasteiger partial charge is 0.251 e. The molecule has 5 heteroatoms. The van der Waals surface area contributed by atoms with Crippen molar-refractivity contribution in [3.05, 3.63) is 59.2 Å². The number of carbonyl (C=O) groups is 1. The molecule has 3 rings (SSSR count). The third kappa shape index (κ3) is 4.17. The van der Waals surface area contributed by atoms with Crippen LogP contribution in [-0.2, 0) is 6.54 Å². The van der Waals surface area contributed by atoms with Crippen LogP contribution < -0.4 is 5.32 Å². The molecule has 24 heavy (non-hydrogen) atoms. The monoisotopic (exact) mass is 324 g/mol. The third-order valence-electron chi connectivity index (χ3n) is 4.19. The van der Waals surface area contributed by atoms with Gasteiger partial charge in [0.25, 0.3) is 5.91 Å². The number of hydrogen-bond acceptors (Lipinski definition) is 4. The van der Waals surface area contributed by atoms with Crippen LogP contribution in [-0.4, -0.2) is 34.9 Å². The predicted octanol–water partition coefficient (Wildman–Crippen LogP) is 2.73. The van der Waals surface area contributed by atoms with Crippen molar-refractivity contribution < 1.29 is 4.79 Å². The van der Waals surface area contributed by atoms with Crippen molar-refractivity contribution in [2.75, 3.05) is 14.1 Å². The van der Waals surface area contributed by atoms with Gasteiger partial charge in [-0.1, -0.05) is 12.1 Å². The molecule has 1 aliphatic carbocycles. The van der Waals surface area contributed by atoms with Gasteiger partial charge in [0.05, 0.1) is 6.04 Å². The Morgan fingerprint density at radius 2 is 1.96 bits per heavy atom. The molecule has 0 radical (unpaired) electrons. The van der Waals surface area contributed by atoms with Gasteiger partial charge in [-0.3, -0.25) is 4.79 Å². The number of carbonyl (C=O) groups excluding carboxylic acids is 1. The fourth-order valence-electron chi connectivity index (χ4n) is 2.79.